The summed E-state index contributed by atoms with van der Waals surface area (Å²) < 4.78 is 4.78. The van der Waals surface area contributed by atoms with E-state index in [1.807, 2.05) is 0 Å². The highest BCUT2D eigenvalue weighted by atomic mass is 15.0. The Morgan fingerprint density at radius 3 is 0.861 bits per heavy atom. The third-order valence-electron chi connectivity index (χ3n) is 15.3. The Hall–Kier alpha value is -9.50. The fraction of sp³-hybridized carbons (Fsp3) is 0. The lowest BCUT2D eigenvalue weighted by Gasteiger charge is -2.20. The van der Waals surface area contributed by atoms with Gasteiger partial charge in [-0.25, -0.2) is 0 Å². The number of fused-ring (bicyclic) bond motifs is 10. The summed E-state index contributed by atoms with van der Waals surface area (Å²) in [4.78, 5) is 0. The van der Waals surface area contributed by atoms with Gasteiger partial charge in [-0.3, -0.25) is 0 Å². The van der Waals surface area contributed by atoms with Gasteiger partial charge in [0.2, 0.25) is 0 Å². The smallest absolute Gasteiger partial charge is 0.0541 e. The molecule has 0 spiro atoms. The summed E-state index contributed by atoms with van der Waals surface area (Å²) in [6, 6.07) is 98.9. The van der Waals surface area contributed by atoms with Crippen molar-refractivity contribution in [1.29, 1.82) is 0 Å². The fourth-order valence-electron chi connectivity index (χ4n) is 11.9. The van der Waals surface area contributed by atoms with Crippen LogP contribution in [0.5, 0.6) is 0 Å². The van der Waals surface area contributed by atoms with Crippen LogP contribution in [-0.2, 0) is 0 Å². The maximum Gasteiger partial charge on any atom is 0.0541 e. The van der Waals surface area contributed by atoms with Crippen molar-refractivity contribution in [2.45, 2.75) is 0 Å². The summed E-state index contributed by atoms with van der Waals surface area (Å²) in [7, 11) is 0. The van der Waals surface area contributed by atoms with Gasteiger partial charge in [0.25, 0.3) is 0 Å². The zero-order chi connectivity index (χ0) is 47.3. The first kappa shape index (κ1) is 40.4. The minimum absolute atomic E-state index is 1.15. The largest absolute Gasteiger partial charge is 0.309 e. The number of aromatic nitrogens is 2. The molecule has 0 aliphatic rings. The van der Waals surface area contributed by atoms with E-state index in [4.69, 9.17) is 0 Å². The van der Waals surface area contributed by atoms with Crippen LogP contribution in [0.1, 0.15) is 0 Å². The highest BCUT2D eigenvalue weighted by Gasteiger charge is 2.20. The highest BCUT2D eigenvalue weighted by Crippen LogP contribution is 2.47. The van der Waals surface area contributed by atoms with E-state index >= 15 is 0 Å². The standard InChI is InChI=1S/C70H44N2/c1-3-15-49-41-53(27-25-45(49)13-1)69-61-39-33-52(48-31-37-56(38-32-48)72-67-23-11-7-19-59(67)60-20-8-12-24-68(60)72)44-64(61)70(54-28-26-46-14-2-4-16-50(46)42-54)62-40-34-51(43-63(62)69)47-29-35-55(36-30-47)71-65-21-9-5-17-57(65)58-18-6-10-22-66(58)71/h1-44H. The van der Waals surface area contributed by atoms with Crippen LogP contribution in [0.25, 0.3) is 143 Å². The van der Waals surface area contributed by atoms with Crippen molar-refractivity contribution in [1.82, 2.24) is 9.13 Å². The van der Waals surface area contributed by atoms with Gasteiger partial charge in [-0.1, -0.05) is 194 Å². The predicted molar refractivity (Wildman–Crippen MR) is 307 cm³/mol. The topological polar surface area (TPSA) is 9.86 Å². The Morgan fingerprint density at radius 1 is 0.181 bits per heavy atom. The van der Waals surface area contributed by atoms with E-state index in [0.717, 1.165) is 11.4 Å². The van der Waals surface area contributed by atoms with E-state index in [9.17, 15) is 0 Å². The Labute approximate surface area is 416 Å². The Bertz CT molecular complexity index is 4260. The van der Waals surface area contributed by atoms with E-state index < -0.39 is 0 Å². The van der Waals surface area contributed by atoms with E-state index in [0.29, 0.717) is 0 Å². The first-order valence-electron chi connectivity index (χ1n) is 24.9. The van der Waals surface area contributed by atoms with Crippen molar-refractivity contribution in [3.63, 3.8) is 0 Å². The van der Waals surface area contributed by atoms with Crippen LogP contribution < -0.4 is 0 Å². The zero-order valence-corrected chi connectivity index (χ0v) is 39.3. The van der Waals surface area contributed by atoms with Gasteiger partial charge in [-0.05, 0) is 160 Å². The van der Waals surface area contributed by atoms with Gasteiger partial charge >= 0.3 is 0 Å². The molecule has 334 valence electrons. The third-order valence-corrected chi connectivity index (χ3v) is 15.3. The fourth-order valence-corrected chi connectivity index (χ4v) is 11.9. The number of hydrogen-bond acceptors (Lipinski definition) is 0. The van der Waals surface area contributed by atoms with E-state index in [-0.39, 0.29) is 0 Å². The number of para-hydroxylation sites is 4. The van der Waals surface area contributed by atoms with Crippen molar-refractivity contribution in [2.75, 3.05) is 0 Å². The summed E-state index contributed by atoms with van der Waals surface area (Å²) >= 11 is 0. The monoisotopic (exact) mass is 912 g/mol. The average molecular weight is 913 g/mol. The predicted octanol–water partition coefficient (Wildman–Crippen LogP) is 19.2. The van der Waals surface area contributed by atoms with E-state index in [2.05, 4.69) is 276 Å². The summed E-state index contributed by atoms with van der Waals surface area (Å²) in [5.74, 6) is 0. The summed E-state index contributed by atoms with van der Waals surface area (Å²) in [6.45, 7) is 0. The van der Waals surface area contributed by atoms with Crippen LogP contribution in [0.15, 0.2) is 267 Å². The molecular formula is C70H44N2. The van der Waals surface area contributed by atoms with Crippen LogP contribution in [0.3, 0.4) is 0 Å². The molecule has 0 atom stereocenters. The van der Waals surface area contributed by atoms with Crippen molar-refractivity contribution in [3.8, 4) is 55.9 Å². The van der Waals surface area contributed by atoms with Crippen LogP contribution >= 0.6 is 0 Å². The van der Waals surface area contributed by atoms with Gasteiger partial charge in [0.1, 0.15) is 0 Å². The Balaban J connectivity index is 0.942. The second-order valence-electron chi connectivity index (χ2n) is 19.2. The number of hydrogen-bond donors (Lipinski definition) is 0. The van der Waals surface area contributed by atoms with Crippen molar-refractivity contribution in [2.24, 2.45) is 0 Å². The molecule has 2 heterocycles. The molecule has 0 saturated carbocycles. The quantitative estimate of drug-likeness (QED) is 0.147. The van der Waals surface area contributed by atoms with Crippen LogP contribution in [-0.4, -0.2) is 9.13 Å². The number of nitrogens with zero attached hydrogens (tertiary/aromatic N) is 2. The summed E-state index contributed by atoms with van der Waals surface area (Å²) in [5.41, 5.74) is 16.8. The molecule has 15 rings (SSSR count). The molecule has 2 nitrogen and oxygen atoms in total. The van der Waals surface area contributed by atoms with Gasteiger partial charge in [-0.15, -0.1) is 0 Å². The summed E-state index contributed by atoms with van der Waals surface area (Å²) in [5, 5.41) is 14.9. The lowest BCUT2D eigenvalue weighted by molar-refractivity contribution is 1.18. The molecule has 2 aromatic heterocycles. The molecule has 2 heteroatoms. The second kappa shape index (κ2) is 16.0. The molecule has 0 saturated heterocycles. The van der Waals surface area contributed by atoms with Crippen LogP contribution in [0.2, 0.25) is 0 Å². The summed E-state index contributed by atoms with van der Waals surface area (Å²) in [6.07, 6.45) is 0. The average Bonchev–Trinajstić information content (AvgIpc) is 3.97. The lowest BCUT2D eigenvalue weighted by Crippen LogP contribution is -1.95. The normalized spacial score (nSPS) is 11.9. The van der Waals surface area contributed by atoms with E-state index in [1.165, 1.54) is 131 Å². The minimum Gasteiger partial charge on any atom is -0.309 e. The van der Waals surface area contributed by atoms with Gasteiger partial charge in [0, 0.05) is 32.9 Å². The third kappa shape index (κ3) is 6.29. The van der Waals surface area contributed by atoms with Crippen LogP contribution in [0.4, 0.5) is 0 Å². The first-order valence-corrected chi connectivity index (χ1v) is 24.9. The molecule has 72 heavy (non-hydrogen) atoms. The molecule has 13 aromatic carbocycles. The Kier molecular flexibility index (Phi) is 8.99. The zero-order valence-electron chi connectivity index (χ0n) is 39.3. The molecule has 0 bridgehead atoms. The van der Waals surface area contributed by atoms with Gasteiger partial charge in [-0.2, -0.15) is 0 Å². The minimum atomic E-state index is 1.15. The van der Waals surface area contributed by atoms with Crippen LogP contribution in [0, 0.1) is 0 Å². The molecule has 0 aliphatic carbocycles. The highest BCUT2D eigenvalue weighted by molar-refractivity contribution is 6.23. The van der Waals surface area contributed by atoms with Crippen molar-refractivity contribution in [3.05, 3.63) is 267 Å². The first-order chi connectivity index (χ1) is 35.7. The number of rotatable bonds is 6. The maximum atomic E-state index is 2.45. The number of benzene rings is 13. The SMILES string of the molecule is c1ccc2cc(-c3c4ccc(-c5ccc(-n6c7ccccc7c7ccccc76)cc5)cc4c(-c4ccc5ccccc5c4)c4ccc(-c5ccc(-n6c7ccccc7c7ccccc76)cc5)cc34)ccc2c1. The molecule has 0 amide bonds. The molecule has 0 fully saturated rings. The molecule has 0 unspecified atom stereocenters. The molecule has 0 N–H and O–H groups in total. The Morgan fingerprint density at radius 2 is 0.486 bits per heavy atom. The second-order valence-corrected chi connectivity index (χ2v) is 19.2. The maximum absolute atomic E-state index is 2.45. The van der Waals surface area contributed by atoms with Gasteiger partial charge in [0.05, 0.1) is 22.1 Å². The lowest BCUT2D eigenvalue weighted by atomic mass is 9.83. The van der Waals surface area contributed by atoms with E-state index in [1.54, 1.807) is 0 Å². The molecular weight excluding hydrogens is 869 g/mol. The van der Waals surface area contributed by atoms with Gasteiger partial charge in [0.15, 0.2) is 0 Å². The molecule has 15 aromatic rings. The van der Waals surface area contributed by atoms with Gasteiger partial charge < -0.3 is 9.13 Å². The molecule has 0 radical (unpaired) electrons. The van der Waals surface area contributed by atoms with Crippen molar-refractivity contribution < 1.29 is 0 Å². The molecule has 0 aliphatic heterocycles. The van der Waals surface area contributed by atoms with Crippen molar-refractivity contribution >= 4 is 86.7 Å².